The van der Waals surface area contributed by atoms with Crippen LogP contribution >= 0.6 is 21.6 Å². The predicted molar refractivity (Wildman–Crippen MR) is 58.3 cm³/mol. The lowest BCUT2D eigenvalue weighted by atomic mass is 10.4. The summed E-state index contributed by atoms with van der Waals surface area (Å²) in [6.07, 6.45) is 1.48. The molecule has 3 nitrogen and oxygen atoms in total. The van der Waals surface area contributed by atoms with Crippen LogP contribution in [0.1, 0.15) is 13.8 Å². The molecule has 0 aliphatic rings. The second kappa shape index (κ2) is 5.24. The summed E-state index contributed by atoms with van der Waals surface area (Å²) < 4.78 is 0. The molecule has 0 atom stereocenters. The van der Waals surface area contributed by atoms with E-state index < -0.39 is 0 Å². The molecule has 1 aromatic rings. The standard InChI is InChI=1S/C8H10N2OS2/c1-6(2)12-13-8-4-3-7(10-11)5-9-8/h3-6H,1-2H3. The van der Waals surface area contributed by atoms with E-state index in [0.717, 1.165) is 5.03 Å². The smallest absolute Gasteiger partial charge is 0.126 e. The van der Waals surface area contributed by atoms with Crippen LogP contribution in [0, 0.1) is 4.91 Å². The average molecular weight is 214 g/mol. The van der Waals surface area contributed by atoms with Gasteiger partial charge in [0.05, 0.1) is 6.20 Å². The van der Waals surface area contributed by atoms with Gasteiger partial charge in [0.1, 0.15) is 10.7 Å². The maximum Gasteiger partial charge on any atom is 0.126 e. The van der Waals surface area contributed by atoms with Crippen LogP contribution < -0.4 is 0 Å². The van der Waals surface area contributed by atoms with Gasteiger partial charge in [0.25, 0.3) is 0 Å². The van der Waals surface area contributed by atoms with E-state index in [4.69, 9.17) is 0 Å². The quantitative estimate of drug-likeness (QED) is 0.567. The van der Waals surface area contributed by atoms with Crippen LogP contribution in [0.2, 0.25) is 0 Å². The van der Waals surface area contributed by atoms with E-state index in [1.54, 1.807) is 33.7 Å². The molecule has 70 valence electrons. The fourth-order valence-corrected chi connectivity index (χ4v) is 2.30. The van der Waals surface area contributed by atoms with Gasteiger partial charge in [-0.05, 0) is 28.1 Å². The van der Waals surface area contributed by atoms with Crippen LogP contribution in [-0.4, -0.2) is 10.2 Å². The van der Waals surface area contributed by atoms with Gasteiger partial charge in [0, 0.05) is 5.25 Å². The van der Waals surface area contributed by atoms with Gasteiger partial charge in [0.15, 0.2) is 0 Å². The maximum absolute atomic E-state index is 10.1. The molecule has 13 heavy (non-hydrogen) atoms. The summed E-state index contributed by atoms with van der Waals surface area (Å²) in [5, 5.41) is 4.25. The highest BCUT2D eigenvalue weighted by Gasteiger charge is 1.99. The summed E-state index contributed by atoms with van der Waals surface area (Å²) in [7, 11) is 3.35. The summed E-state index contributed by atoms with van der Waals surface area (Å²) >= 11 is 0. The first-order chi connectivity index (χ1) is 6.22. The van der Waals surface area contributed by atoms with Crippen LogP contribution in [0.5, 0.6) is 0 Å². The summed E-state index contributed by atoms with van der Waals surface area (Å²) in [4.78, 5) is 14.2. The first-order valence-corrected chi connectivity index (χ1v) is 6.06. The molecule has 0 aliphatic carbocycles. The Morgan fingerprint density at radius 2 is 2.23 bits per heavy atom. The van der Waals surface area contributed by atoms with E-state index in [0.29, 0.717) is 10.9 Å². The number of pyridine rings is 1. The van der Waals surface area contributed by atoms with Crippen LogP contribution in [0.4, 0.5) is 5.69 Å². The molecule has 0 bridgehead atoms. The molecular formula is C8H10N2OS2. The third-order valence-electron chi connectivity index (χ3n) is 1.15. The van der Waals surface area contributed by atoms with E-state index in [9.17, 15) is 4.91 Å². The molecule has 0 aliphatic heterocycles. The minimum Gasteiger partial charge on any atom is -0.247 e. The average Bonchev–Trinajstić information content (AvgIpc) is 2.15. The molecule has 0 unspecified atom stereocenters. The highest BCUT2D eigenvalue weighted by atomic mass is 33.1. The molecule has 1 rings (SSSR count). The van der Waals surface area contributed by atoms with E-state index in [1.807, 2.05) is 0 Å². The monoisotopic (exact) mass is 214 g/mol. The fraction of sp³-hybridized carbons (Fsp3) is 0.375. The molecule has 0 saturated heterocycles. The third kappa shape index (κ3) is 3.78. The predicted octanol–water partition coefficient (Wildman–Crippen LogP) is 3.63. The van der Waals surface area contributed by atoms with Gasteiger partial charge in [-0.15, -0.1) is 4.91 Å². The first-order valence-electron chi connectivity index (χ1n) is 3.85. The Bertz CT molecular complexity index is 274. The Kier molecular flexibility index (Phi) is 4.24. The normalized spacial score (nSPS) is 10.4. The van der Waals surface area contributed by atoms with Crippen molar-refractivity contribution in [3.8, 4) is 0 Å². The van der Waals surface area contributed by atoms with Gasteiger partial charge in [-0.2, -0.15) is 0 Å². The number of nitrogens with zero attached hydrogens (tertiary/aromatic N) is 2. The van der Waals surface area contributed by atoms with Gasteiger partial charge in [0.2, 0.25) is 0 Å². The zero-order valence-corrected chi connectivity index (χ0v) is 9.06. The zero-order valence-electron chi connectivity index (χ0n) is 7.43. The largest absolute Gasteiger partial charge is 0.247 e. The van der Waals surface area contributed by atoms with Gasteiger partial charge in [-0.1, -0.05) is 24.6 Å². The number of hydrogen-bond acceptors (Lipinski definition) is 5. The van der Waals surface area contributed by atoms with Crippen molar-refractivity contribution in [2.45, 2.75) is 24.1 Å². The molecule has 1 aromatic heterocycles. The zero-order chi connectivity index (χ0) is 9.68. The summed E-state index contributed by atoms with van der Waals surface area (Å²) in [5.74, 6) is 0. The second-order valence-electron chi connectivity index (χ2n) is 2.67. The molecule has 1 heterocycles. The Morgan fingerprint density at radius 3 is 2.69 bits per heavy atom. The second-order valence-corrected chi connectivity index (χ2v) is 5.47. The Hall–Kier alpha value is -0.550. The Labute approximate surface area is 85.1 Å². The molecule has 0 saturated carbocycles. The molecule has 5 heteroatoms. The van der Waals surface area contributed by atoms with Crippen molar-refractivity contribution in [3.63, 3.8) is 0 Å². The fourth-order valence-electron chi connectivity index (χ4n) is 0.621. The SMILES string of the molecule is CC(C)SSc1ccc(N=O)cn1. The van der Waals surface area contributed by atoms with E-state index in [1.165, 1.54) is 6.20 Å². The minimum atomic E-state index is 0.374. The maximum atomic E-state index is 10.1. The van der Waals surface area contributed by atoms with Crippen molar-refractivity contribution in [2.24, 2.45) is 5.18 Å². The van der Waals surface area contributed by atoms with E-state index in [-0.39, 0.29) is 0 Å². The summed E-state index contributed by atoms with van der Waals surface area (Å²) in [6, 6.07) is 3.47. The highest BCUT2D eigenvalue weighted by Crippen LogP contribution is 2.33. The van der Waals surface area contributed by atoms with Crippen molar-refractivity contribution in [3.05, 3.63) is 23.2 Å². The van der Waals surface area contributed by atoms with Crippen molar-refractivity contribution < 1.29 is 0 Å². The van der Waals surface area contributed by atoms with Gasteiger partial charge in [-0.25, -0.2) is 4.98 Å². The van der Waals surface area contributed by atoms with Gasteiger partial charge in [-0.3, -0.25) is 0 Å². The number of nitroso groups, excluding NO2 is 1. The van der Waals surface area contributed by atoms with Crippen molar-refractivity contribution in [1.82, 2.24) is 4.98 Å². The number of hydrogen-bond donors (Lipinski definition) is 0. The molecule has 0 N–H and O–H groups in total. The van der Waals surface area contributed by atoms with Gasteiger partial charge >= 0.3 is 0 Å². The lowest BCUT2D eigenvalue weighted by Gasteiger charge is -2.01. The van der Waals surface area contributed by atoms with Crippen molar-refractivity contribution in [2.75, 3.05) is 0 Å². The third-order valence-corrected chi connectivity index (χ3v) is 4.00. The summed E-state index contributed by atoms with van der Waals surface area (Å²) in [6.45, 7) is 4.25. The van der Waals surface area contributed by atoms with Gasteiger partial charge < -0.3 is 0 Å². The number of rotatable bonds is 4. The lowest BCUT2D eigenvalue weighted by Crippen LogP contribution is -1.82. The molecule has 0 amide bonds. The molecule has 0 radical (unpaired) electrons. The minimum absolute atomic E-state index is 0.374. The van der Waals surface area contributed by atoms with Crippen LogP contribution in [0.15, 0.2) is 28.5 Å². The topological polar surface area (TPSA) is 42.3 Å². The molecule has 0 fully saturated rings. The van der Waals surface area contributed by atoms with E-state index >= 15 is 0 Å². The lowest BCUT2D eigenvalue weighted by molar-refractivity contribution is 1.12. The molecule has 0 spiro atoms. The van der Waals surface area contributed by atoms with E-state index in [2.05, 4.69) is 24.0 Å². The Balaban J connectivity index is 2.54. The number of aromatic nitrogens is 1. The Morgan fingerprint density at radius 1 is 1.46 bits per heavy atom. The van der Waals surface area contributed by atoms with Crippen molar-refractivity contribution >= 4 is 27.3 Å². The molecular weight excluding hydrogens is 204 g/mol. The van der Waals surface area contributed by atoms with Crippen LogP contribution in [0.25, 0.3) is 0 Å². The molecule has 0 aromatic carbocycles. The van der Waals surface area contributed by atoms with Crippen LogP contribution in [0.3, 0.4) is 0 Å². The van der Waals surface area contributed by atoms with Crippen molar-refractivity contribution in [1.29, 1.82) is 0 Å². The first kappa shape index (κ1) is 10.5. The summed E-state index contributed by atoms with van der Waals surface area (Å²) in [5.41, 5.74) is 0.374. The highest BCUT2D eigenvalue weighted by molar-refractivity contribution is 8.76. The van der Waals surface area contributed by atoms with Crippen LogP contribution in [-0.2, 0) is 0 Å².